The summed E-state index contributed by atoms with van der Waals surface area (Å²) in [6, 6.07) is 7.72. The minimum atomic E-state index is -0.571. The molecule has 0 amide bonds. The molecule has 1 aliphatic heterocycles. The van der Waals surface area contributed by atoms with E-state index >= 15 is 0 Å². The van der Waals surface area contributed by atoms with Gasteiger partial charge in [-0.25, -0.2) is 4.79 Å². The second kappa shape index (κ2) is 5.91. The minimum absolute atomic E-state index is 0.00530. The SMILES string of the molecule is COC(=O)C1=C(N)OC2=C(C(=O)CCC2)[C@H]1c1ccc(C)cc1. The van der Waals surface area contributed by atoms with Gasteiger partial charge < -0.3 is 15.2 Å². The van der Waals surface area contributed by atoms with Gasteiger partial charge in [-0.05, 0) is 18.9 Å². The Morgan fingerprint density at radius 1 is 1.26 bits per heavy atom. The van der Waals surface area contributed by atoms with E-state index in [1.54, 1.807) is 0 Å². The average Bonchev–Trinajstić information content (AvgIpc) is 2.54. The lowest BCUT2D eigenvalue weighted by molar-refractivity contribution is -0.136. The molecule has 1 aromatic rings. The summed E-state index contributed by atoms with van der Waals surface area (Å²) in [6.45, 7) is 1.98. The summed E-state index contributed by atoms with van der Waals surface area (Å²) in [6.07, 6.45) is 1.84. The van der Waals surface area contributed by atoms with E-state index in [1.807, 2.05) is 31.2 Å². The van der Waals surface area contributed by atoms with E-state index in [-0.39, 0.29) is 17.2 Å². The molecule has 1 aromatic carbocycles. The van der Waals surface area contributed by atoms with Crippen molar-refractivity contribution in [2.24, 2.45) is 5.73 Å². The second-order valence-corrected chi connectivity index (χ2v) is 5.83. The Bertz CT molecular complexity index is 728. The van der Waals surface area contributed by atoms with Crippen LogP contribution in [0.1, 0.15) is 36.3 Å². The molecular weight excluding hydrogens is 294 g/mol. The minimum Gasteiger partial charge on any atom is -0.465 e. The molecule has 1 aliphatic carbocycles. The maximum atomic E-state index is 12.5. The molecule has 5 heteroatoms. The first kappa shape index (κ1) is 15.3. The van der Waals surface area contributed by atoms with Crippen molar-refractivity contribution in [3.05, 3.63) is 58.2 Å². The zero-order chi connectivity index (χ0) is 16.6. The third-order valence-electron chi connectivity index (χ3n) is 4.30. The molecule has 0 radical (unpaired) electrons. The highest BCUT2D eigenvalue weighted by molar-refractivity contribution is 6.03. The zero-order valence-corrected chi connectivity index (χ0v) is 13.2. The Morgan fingerprint density at radius 3 is 2.61 bits per heavy atom. The van der Waals surface area contributed by atoms with Crippen LogP contribution in [0.2, 0.25) is 0 Å². The molecular formula is C18H19NO4. The van der Waals surface area contributed by atoms with Crippen molar-refractivity contribution in [1.29, 1.82) is 0 Å². The number of aryl methyl sites for hydroxylation is 1. The zero-order valence-electron chi connectivity index (χ0n) is 13.2. The van der Waals surface area contributed by atoms with Gasteiger partial charge in [0.15, 0.2) is 5.78 Å². The van der Waals surface area contributed by atoms with E-state index in [0.29, 0.717) is 24.2 Å². The molecule has 0 bridgehead atoms. The molecule has 23 heavy (non-hydrogen) atoms. The highest BCUT2D eigenvalue weighted by Crippen LogP contribution is 2.43. The summed E-state index contributed by atoms with van der Waals surface area (Å²) in [4.78, 5) is 24.7. The van der Waals surface area contributed by atoms with Crippen LogP contribution >= 0.6 is 0 Å². The number of hydrogen-bond acceptors (Lipinski definition) is 5. The largest absolute Gasteiger partial charge is 0.465 e. The van der Waals surface area contributed by atoms with Gasteiger partial charge in [-0.1, -0.05) is 29.8 Å². The summed E-state index contributed by atoms with van der Waals surface area (Å²) >= 11 is 0. The first-order valence-corrected chi connectivity index (χ1v) is 7.61. The van der Waals surface area contributed by atoms with E-state index in [2.05, 4.69) is 0 Å². The number of ether oxygens (including phenoxy) is 2. The molecule has 0 saturated carbocycles. The van der Waals surface area contributed by atoms with Gasteiger partial charge in [0, 0.05) is 18.4 Å². The first-order chi connectivity index (χ1) is 11.0. The molecule has 2 aliphatic rings. The van der Waals surface area contributed by atoms with Gasteiger partial charge in [0.1, 0.15) is 11.3 Å². The van der Waals surface area contributed by atoms with Gasteiger partial charge >= 0.3 is 5.97 Å². The maximum Gasteiger partial charge on any atom is 0.340 e. The van der Waals surface area contributed by atoms with Crippen molar-refractivity contribution in [1.82, 2.24) is 0 Å². The first-order valence-electron chi connectivity index (χ1n) is 7.61. The highest BCUT2D eigenvalue weighted by Gasteiger charge is 2.40. The van der Waals surface area contributed by atoms with Crippen LogP contribution in [0.15, 0.2) is 47.1 Å². The highest BCUT2D eigenvalue weighted by atomic mass is 16.5. The number of rotatable bonds is 2. The lowest BCUT2D eigenvalue weighted by Gasteiger charge is -2.32. The molecule has 0 saturated heterocycles. The van der Waals surface area contributed by atoms with Crippen LogP contribution in [0.4, 0.5) is 0 Å². The van der Waals surface area contributed by atoms with E-state index in [4.69, 9.17) is 15.2 Å². The van der Waals surface area contributed by atoms with E-state index in [1.165, 1.54) is 7.11 Å². The predicted molar refractivity (Wildman–Crippen MR) is 84.1 cm³/mol. The van der Waals surface area contributed by atoms with E-state index < -0.39 is 11.9 Å². The third-order valence-corrected chi connectivity index (χ3v) is 4.30. The van der Waals surface area contributed by atoms with Crippen LogP contribution in [0.3, 0.4) is 0 Å². The van der Waals surface area contributed by atoms with Crippen molar-refractivity contribution in [3.8, 4) is 0 Å². The van der Waals surface area contributed by atoms with Crippen LogP contribution < -0.4 is 5.73 Å². The molecule has 2 N–H and O–H groups in total. The van der Waals surface area contributed by atoms with Crippen molar-refractivity contribution >= 4 is 11.8 Å². The number of Topliss-reactive ketones (excluding diaryl/α,β-unsaturated/α-hetero) is 1. The normalized spacial score (nSPS) is 21.0. The lowest BCUT2D eigenvalue weighted by Crippen LogP contribution is -2.31. The van der Waals surface area contributed by atoms with Crippen LogP contribution in [0.25, 0.3) is 0 Å². The van der Waals surface area contributed by atoms with Gasteiger partial charge in [0.05, 0.1) is 13.0 Å². The molecule has 120 valence electrons. The molecule has 3 rings (SSSR count). The fourth-order valence-corrected chi connectivity index (χ4v) is 3.16. The summed E-state index contributed by atoms with van der Waals surface area (Å²) in [7, 11) is 1.29. The molecule has 1 atom stereocenters. The molecule has 0 unspecified atom stereocenters. The number of benzene rings is 1. The number of allylic oxidation sites excluding steroid dienone is 2. The number of nitrogens with two attached hydrogens (primary N) is 1. The van der Waals surface area contributed by atoms with Crippen molar-refractivity contribution in [2.75, 3.05) is 7.11 Å². The Kier molecular flexibility index (Phi) is 3.94. The summed E-state index contributed by atoms with van der Waals surface area (Å²) in [5.41, 5.74) is 8.65. The maximum absolute atomic E-state index is 12.5. The van der Waals surface area contributed by atoms with Crippen molar-refractivity contribution < 1.29 is 19.1 Å². The monoisotopic (exact) mass is 313 g/mol. The quantitative estimate of drug-likeness (QED) is 0.849. The number of methoxy groups -OCH3 is 1. The topological polar surface area (TPSA) is 78.6 Å². The molecule has 0 fully saturated rings. The van der Waals surface area contributed by atoms with Crippen LogP contribution in [0, 0.1) is 6.92 Å². The molecule has 1 heterocycles. The summed E-state index contributed by atoms with van der Waals surface area (Å²) in [5.74, 6) is -0.490. The van der Waals surface area contributed by atoms with Gasteiger partial charge in [0.25, 0.3) is 0 Å². The third kappa shape index (κ3) is 2.63. The summed E-state index contributed by atoms with van der Waals surface area (Å²) in [5, 5.41) is 0. The molecule has 0 aromatic heterocycles. The fraction of sp³-hybridized carbons (Fsp3) is 0.333. The molecule has 5 nitrogen and oxygen atoms in total. The standard InChI is InChI=1S/C18H19NO4/c1-10-6-8-11(9-7-10)14-15-12(20)4-3-5-13(15)23-17(19)16(14)18(21)22-2/h6-9,14H,3-5,19H2,1-2H3/t14-/m1/s1. The van der Waals surface area contributed by atoms with Crippen LogP contribution in [-0.4, -0.2) is 18.9 Å². The molecule has 0 spiro atoms. The Morgan fingerprint density at radius 2 is 1.96 bits per heavy atom. The smallest absolute Gasteiger partial charge is 0.340 e. The fourth-order valence-electron chi connectivity index (χ4n) is 3.16. The van der Waals surface area contributed by atoms with Crippen LogP contribution in [-0.2, 0) is 19.1 Å². The van der Waals surface area contributed by atoms with E-state index in [0.717, 1.165) is 17.5 Å². The number of carbonyl (C=O) groups excluding carboxylic acids is 2. The second-order valence-electron chi connectivity index (χ2n) is 5.83. The Labute approximate surface area is 134 Å². The number of carbonyl (C=O) groups is 2. The van der Waals surface area contributed by atoms with Gasteiger partial charge in [0.2, 0.25) is 5.88 Å². The van der Waals surface area contributed by atoms with Crippen LogP contribution in [0.5, 0.6) is 0 Å². The van der Waals surface area contributed by atoms with Crippen molar-refractivity contribution in [3.63, 3.8) is 0 Å². The number of hydrogen-bond donors (Lipinski definition) is 1. The lowest BCUT2D eigenvalue weighted by atomic mass is 9.77. The van der Waals surface area contributed by atoms with Gasteiger partial charge in [-0.15, -0.1) is 0 Å². The number of esters is 1. The van der Waals surface area contributed by atoms with Crippen molar-refractivity contribution in [2.45, 2.75) is 32.1 Å². The average molecular weight is 313 g/mol. The van der Waals surface area contributed by atoms with Gasteiger partial charge in [-0.2, -0.15) is 0 Å². The van der Waals surface area contributed by atoms with Gasteiger partial charge in [-0.3, -0.25) is 4.79 Å². The van der Waals surface area contributed by atoms with E-state index in [9.17, 15) is 9.59 Å². The predicted octanol–water partition coefficient (Wildman–Crippen LogP) is 2.46. The Hall–Kier alpha value is -2.56. The number of ketones is 1. The Balaban J connectivity index is 2.18. The summed E-state index contributed by atoms with van der Waals surface area (Å²) < 4.78 is 10.4.